The average molecular weight is 414 g/mol. The molecule has 0 amide bonds. The number of halogens is 1. The molecule has 32 heavy (non-hydrogen) atoms. The van der Waals surface area contributed by atoms with E-state index in [1.54, 1.807) is 6.07 Å². The Morgan fingerprint density at radius 3 is 1.84 bits per heavy atom. The molecule has 0 saturated carbocycles. The SMILES string of the molecule is Fc1ccc2cc(-c3ccccc3)n3c(-c4ccccc4)c(-c4ccccc4)nc3c2c1. The average Bonchev–Trinajstić information content (AvgIpc) is 3.26. The number of pyridine rings is 1. The Hall–Kier alpha value is -4.24. The standard InChI is InChI=1S/C29H19FN2/c30-24-17-16-23-18-26(20-10-4-1-5-11-20)32-28(22-14-8-3-9-15-22)27(21-12-6-2-7-13-21)31-29(32)25(23)19-24/h1-19H. The zero-order valence-electron chi connectivity index (χ0n) is 17.2. The van der Waals surface area contributed by atoms with E-state index in [4.69, 9.17) is 4.98 Å². The summed E-state index contributed by atoms with van der Waals surface area (Å²) >= 11 is 0. The highest BCUT2D eigenvalue weighted by Gasteiger charge is 2.21. The van der Waals surface area contributed by atoms with Crippen molar-refractivity contribution in [2.24, 2.45) is 0 Å². The van der Waals surface area contributed by atoms with Crippen molar-refractivity contribution in [3.8, 4) is 33.8 Å². The van der Waals surface area contributed by atoms with Gasteiger partial charge in [0.2, 0.25) is 0 Å². The van der Waals surface area contributed by atoms with Gasteiger partial charge in [0.15, 0.2) is 0 Å². The van der Waals surface area contributed by atoms with Crippen LogP contribution in [0, 0.1) is 5.82 Å². The molecule has 2 nitrogen and oxygen atoms in total. The van der Waals surface area contributed by atoms with E-state index in [1.165, 1.54) is 6.07 Å². The largest absolute Gasteiger partial charge is 0.291 e. The molecule has 0 aliphatic heterocycles. The van der Waals surface area contributed by atoms with Gasteiger partial charge in [-0.2, -0.15) is 0 Å². The van der Waals surface area contributed by atoms with Crippen LogP contribution >= 0.6 is 0 Å². The number of imidazole rings is 1. The fourth-order valence-corrected chi connectivity index (χ4v) is 4.38. The summed E-state index contributed by atoms with van der Waals surface area (Å²) in [5, 5.41) is 1.76. The number of aromatic nitrogens is 2. The molecule has 6 aromatic rings. The third-order valence-corrected chi connectivity index (χ3v) is 5.83. The molecule has 6 rings (SSSR count). The monoisotopic (exact) mass is 414 g/mol. The minimum Gasteiger partial charge on any atom is -0.291 e. The molecule has 0 fully saturated rings. The Labute approximate surface area is 185 Å². The minimum atomic E-state index is -0.266. The summed E-state index contributed by atoms with van der Waals surface area (Å²) in [5.41, 5.74) is 6.82. The van der Waals surface area contributed by atoms with E-state index in [0.29, 0.717) is 0 Å². The van der Waals surface area contributed by atoms with Gasteiger partial charge in [0.05, 0.1) is 17.1 Å². The molecule has 0 aliphatic rings. The van der Waals surface area contributed by atoms with Crippen LogP contribution in [0.25, 0.3) is 50.2 Å². The number of rotatable bonds is 3. The molecule has 0 aliphatic carbocycles. The second kappa shape index (κ2) is 7.47. The number of hydrogen-bond acceptors (Lipinski definition) is 1. The van der Waals surface area contributed by atoms with Crippen LogP contribution < -0.4 is 0 Å². The molecule has 152 valence electrons. The maximum absolute atomic E-state index is 14.3. The predicted molar refractivity (Wildman–Crippen MR) is 129 cm³/mol. The lowest BCUT2D eigenvalue weighted by Crippen LogP contribution is -1.97. The number of nitrogens with zero attached hydrogens (tertiary/aromatic N) is 2. The van der Waals surface area contributed by atoms with Gasteiger partial charge >= 0.3 is 0 Å². The molecule has 0 radical (unpaired) electrons. The Balaban J connectivity index is 1.84. The van der Waals surface area contributed by atoms with Crippen molar-refractivity contribution >= 4 is 16.4 Å². The summed E-state index contributed by atoms with van der Waals surface area (Å²) in [5.74, 6) is -0.266. The van der Waals surface area contributed by atoms with E-state index in [-0.39, 0.29) is 5.82 Å². The first-order valence-corrected chi connectivity index (χ1v) is 10.6. The fraction of sp³-hybridized carbons (Fsp3) is 0. The van der Waals surface area contributed by atoms with Gasteiger partial charge in [-0.15, -0.1) is 0 Å². The molecular formula is C29H19FN2. The van der Waals surface area contributed by atoms with Gasteiger partial charge in [-0.05, 0) is 29.1 Å². The summed E-state index contributed by atoms with van der Waals surface area (Å²) in [7, 11) is 0. The predicted octanol–water partition coefficient (Wildman–Crippen LogP) is 7.63. The summed E-state index contributed by atoms with van der Waals surface area (Å²) in [6.07, 6.45) is 0. The molecule has 0 unspecified atom stereocenters. The van der Waals surface area contributed by atoms with Crippen LogP contribution in [-0.4, -0.2) is 9.38 Å². The van der Waals surface area contributed by atoms with Crippen LogP contribution in [0.2, 0.25) is 0 Å². The van der Waals surface area contributed by atoms with E-state index in [2.05, 4.69) is 46.9 Å². The molecule has 0 saturated heterocycles. The van der Waals surface area contributed by atoms with Crippen molar-refractivity contribution in [3.05, 3.63) is 121 Å². The summed E-state index contributed by atoms with van der Waals surface area (Å²) in [4.78, 5) is 5.11. The highest BCUT2D eigenvalue weighted by molar-refractivity contribution is 6.00. The number of benzene rings is 4. The fourth-order valence-electron chi connectivity index (χ4n) is 4.38. The highest BCUT2D eigenvalue weighted by atomic mass is 19.1. The van der Waals surface area contributed by atoms with Crippen molar-refractivity contribution in [2.75, 3.05) is 0 Å². The maximum Gasteiger partial charge on any atom is 0.146 e. The zero-order chi connectivity index (χ0) is 21.5. The Kier molecular flexibility index (Phi) is 4.32. The molecule has 0 spiro atoms. The van der Waals surface area contributed by atoms with Gasteiger partial charge in [-0.25, -0.2) is 9.37 Å². The van der Waals surface area contributed by atoms with E-state index in [1.807, 2.05) is 60.7 Å². The van der Waals surface area contributed by atoms with Crippen molar-refractivity contribution in [1.82, 2.24) is 9.38 Å². The summed E-state index contributed by atoms with van der Waals surface area (Å²) in [6.45, 7) is 0. The number of fused-ring (bicyclic) bond motifs is 3. The van der Waals surface area contributed by atoms with Crippen molar-refractivity contribution in [1.29, 1.82) is 0 Å². The van der Waals surface area contributed by atoms with Crippen LogP contribution in [0.5, 0.6) is 0 Å². The van der Waals surface area contributed by atoms with Gasteiger partial charge in [-0.1, -0.05) is 97.1 Å². The smallest absolute Gasteiger partial charge is 0.146 e. The second-order valence-corrected chi connectivity index (χ2v) is 7.83. The lowest BCUT2D eigenvalue weighted by Gasteiger charge is -2.13. The lowest BCUT2D eigenvalue weighted by molar-refractivity contribution is 0.630. The third-order valence-electron chi connectivity index (χ3n) is 5.83. The van der Waals surface area contributed by atoms with Crippen LogP contribution in [0.1, 0.15) is 0 Å². The quantitative estimate of drug-likeness (QED) is 0.291. The van der Waals surface area contributed by atoms with Crippen molar-refractivity contribution in [3.63, 3.8) is 0 Å². The van der Waals surface area contributed by atoms with Crippen LogP contribution in [-0.2, 0) is 0 Å². The Bertz CT molecular complexity index is 1550. The van der Waals surface area contributed by atoms with Crippen molar-refractivity contribution < 1.29 is 4.39 Å². The topological polar surface area (TPSA) is 17.3 Å². The van der Waals surface area contributed by atoms with Crippen molar-refractivity contribution in [2.45, 2.75) is 0 Å². The summed E-state index contributed by atoms with van der Waals surface area (Å²) < 4.78 is 16.5. The molecular weight excluding hydrogens is 395 g/mol. The Morgan fingerprint density at radius 2 is 1.19 bits per heavy atom. The first kappa shape index (κ1) is 18.5. The van der Waals surface area contributed by atoms with Gasteiger partial charge < -0.3 is 0 Å². The summed E-state index contributed by atoms with van der Waals surface area (Å²) in [6, 6.07) is 37.8. The normalized spacial score (nSPS) is 11.3. The zero-order valence-corrected chi connectivity index (χ0v) is 17.2. The number of hydrogen-bond donors (Lipinski definition) is 0. The minimum absolute atomic E-state index is 0.266. The van der Waals surface area contributed by atoms with Crippen LogP contribution in [0.15, 0.2) is 115 Å². The van der Waals surface area contributed by atoms with E-state index < -0.39 is 0 Å². The molecule has 0 bridgehead atoms. The Morgan fingerprint density at radius 1 is 0.594 bits per heavy atom. The molecule has 2 aromatic heterocycles. The van der Waals surface area contributed by atoms with Crippen LogP contribution in [0.3, 0.4) is 0 Å². The van der Waals surface area contributed by atoms with Gasteiger partial charge in [0, 0.05) is 16.5 Å². The second-order valence-electron chi connectivity index (χ2n) is 7.83. The van der Waals surface area contributed by atoms with Gasteiger partial charge in [0.25, 0.3) is 0 Å². The first-order chi connectivity index (χ1) is 15.8. The van der Waals surface area contributed by atoms with E-state index in [0.717, 1.165) is 50.2 Å². The molecule has 0 atom stereocenters. The highest BCUT2D eigenvalue weighted by Crippen LogP contribution is 2.38. The van der Waals surface area contributed by atoms with E-state index >= 15 is 0 Å². The maximum atomic E-state index is 14.3. The first-order valence-electron chi connectivity index (χ1n) is 10.6. The third kappa shape index (κ3) is 2.98. The van der Waals surface area contributed by atoms with E-state index in [9.17, 15) is 4.39 Å². The lowest BCUT2D eigenvalue weighted by atomic mass is 10.0. The molecule has 0 N–H and O–H groups in total. The van der Waals surface area contributed by atoms with Crippen LogP contribution in [0.4, 0.5) is 4.39 Å². The van der Waals surface area contributed by atoms with Gasteiger partial charge in [-0.3, -0.25) is 4.40 Å². The molecule has 2 heterocycles. The van der Waals surface area contributed by atoms with Gasteiger partial charge in [0.1, 0.15) is 11.5 Å². The molecule has 4 aromatic carbocycles. The molecule has 3 heteroatoms.